The minimum atomic E-state index is -0.163. The summed E-state index contributed by atoms with van der Waals surface area (Å²) in [6.07, 6.45) is 12.4. The molecule has 0 N–H and O–H groups in total. The van der Waals surface area contributed by atoms with Crippen LogP contribution in [0.1, 0.15) is 24.8 Å². The molecule has 8 heteroatoms. The number of pyridine rings is 2. The predicted molar refractivity (Wildman–Crippen MR) is 120 cm³/mol. The molecule has 1 fully saturated rings. The Morgan fingerprint density at radius 1 is 1.10 bits per heavy atom. The van der Waals surface area contributed by atoms with Crippen molar-refractivity contribution >= 4 is 40.3 Å². The summed E-state index contributed by atoms with van der Waals surface area (Å²) in [5, 5.41) is 0.983. The van der Waals surface area contributed by atoms with Crippen LogP contribution in [0.15, 0.2) is 71.1 Å². The Hall–Kier alpha value is -2.58. The lowest BCUT2D eigenvalue weighted by molar-refractivity contribution is -0.122. The Morgan fingerprint density at radius 3 is 2.90 bits per heavy atom. The maximum Gasteiger partial charge on any atom is 0.293 e. The van der Waals surface area contributed by atoms with Crippen molar-refractivity contribution in [3.05, 3.63) is 71.7 Å². The van der Waals surface area contributed by atoms with E-state index in [1.165, 1.54) is 4.90 Å². The molecule has 3 aromatic heterocycles. The number of hydrogen-bond donors (Lipinski definition) is 0. The molecular formula is C22H22N4O2S2. The van der Waals surface area contributed by atoms with Crippen molar-refractivity contribution in [2.24, 2.45) is 0 Å². The topological polar surface area (TPSA) is 67.6 Å². The van der Waals surface area contributed by atoms with Crippen molar-refractivity contribution in [3.8, 4) is 0 Å². The zero-order chi connectivity index (χ0) is 20.8. The largest absolute Gasteiger partial charge is 0.294 e. The Bertz CT molecular complexity index is 1070. The van der Waals surface area contributed by atoms with Gasteiger partial charge in [0.1, 0.15) is 5.65 Å². The third-order valence-electron chi connectivity index (χ3n) is 4.78. The summed E-state index contributed by atoms with van der Waals surface area (Å²) >= 11 is 2.81. The van der Waals surface area contributed by atoms with Gasteiger partial charge in [0, 0.05) is 31.3 Å². The molecule has 154 valence electrons. The van der Waals surface area contributed by atoms with Crippen molar-refractivity contribution in [3.63, 3.8) is 0 Å². The molecule has 1 saturated heterocycles. The average molecular weight is 439 g/mol. The van der Waals surface area contributed by atoms with Crippen LogP contribution in [0, 0.1) is 0 Å². The Balaban J connectivity index is 1.22. The summed E-state index contributed by atoms with van der Waals surface area (Å²) in [4.78, 5) is 35.1. The van der Waals surface area contributed by atoms with E-state index in [9.17, 15) is 9.59 Å². The minimum Gasteiger partial charge on any atom is -0.294 e. The van der Waals surface area contributed by atoms with E-state index in [0.717, 1.165) is 59.4 Å². The van der Waals surface area contributed by atoms with Gasteiger partial charge in [0.2, 0.25) is 0 Å². The molecule has 0 atom stereocenters. The molecule has 0 aromatic carbocycles. The van der Waals surface area contributed by atoms with E-state index in [4.69, 9.17) is 0 Å². The number of hydrogen-bond acceptors (Lipinski definition) is 6. The van der Waals surface area contributed by atoms with Gasteiger partial charge in [-0.05, 0) is 67.0 Å². The van der Waals surface area contributed by atoms with E-state index < -0.39 is 0 Å². The number of aryl methyl sites for hydroxylation is 1. The number of thioether (sulfide) groups is 2. The maximum absolute atomic E-state index is 12.5. The number of amides is 2. The van der Waals surface area contributed by atoms with Gasteiger partial charge in [-0.2, -0.15) is 0 Å². The molecule has 30 heavy (non-hydrogen) atoms. The van der Waals surface area contributed by atoms with E-state index in [-0.39, 0.29) is 11.1 Å². The van der Waals surface area contributed by atoms with Crippen LogP contribution in [0.2, 0.25) is 0 Å². The predicted octanol–water partition coefficient (Wildman–Crippen LogP) is 4.81. The first-order chi connectivity index (χ1) is 14.7. The molecular weight excluding hydrogens is 416 g/mol. The van der Waals surface area contributed by atoms with Gasteiger partial charge in [-0.3, -0.25) is 23.9 Å². The van der Waals surface area contributed by atoms with Crippen LogP contribution in [-0.2, 0) is 11.2 Å². The number of imide groups is 1. The van der Waals surface area contributed by atoms with Crippen LogP contribution in [0.3, 0.4) is 0 Å². The summed E-state index contributed by atoms with van der Waals surface area (Å²) in [5.41, 5.74) is 2.06. The monoisotopic (exact) mass is 438 g/mol. The third-order valence-corrected chi connectivity index (χ3v) is 6.85. The lowest BCUT2D eigenvalue weighted by atomic mass is 10.1. The van der Waals surface area contributed by atoms with Crippen LogP contribution in [-0.4, -0.2) is 42.7 Å². The molecule has 6 nitrogen and oxygen atoms in total. The summed E-state index contributed by atoms with van der Waals surface area (Å²) in [5.74, 6) is 0.765. The highest BCUT2D eigenvalue weighted by Crippen LogP contribution is 2.31. The van der Waals surface area contributed by atoms with Gasteiger partial charge < -0.3 is 0 Å². The van der Waals surface area contributed by atoms with Crippen LogP contribution < -0.4 is 0 Å². The third kappa shape index (κ3) is 4.94. The molecule has 2 amide bonds. The summed E-state index contributed by atoms with van der Waals surface area (Å²) < 4.78 is 2.07. The number of carbonyl (C=O) groups excluding carboxylic acids is 2. The first-order valence-electron chi connectivity index (χ1n) is 9.90. The van der Waals surface area contributed by atoms with Crippen LogP contribution >= 0.6 is 23.5 Å². The van der Waals surface area contributed by atoms with E-state index in [1.54, 1.807) is 24.2 Å². The highest BCUT2D eigenvalue weighted by atomic mass is 32.2. The van der Waals surface area contributed by atoms with Crippen LogP contribution in [0.25, 0.3) is 5.65 Å². The zero-order valence-corrected chi connectivity index (χ0v) is 18.1. The molecule has 1 aliphatic rings. The quantitative estimate of drug-likeness (QED) is 0.271. The normalized spacial score (nSPS) is 15.6. The number of nitrogens with zero attached hydrogens (tertiary/aromatic N) is 4. The van der Waals surface area contributed by atoms with E-state index in [1.807, 2.05) is 42.7 Å². The SMILES string of the molecule is O=C1SC(=CCCc2cccnc2)C(=O)N1CCCCSc1cccc2nccn12. The number of imidazole rings is 1. The molecule has 0 spiro atoms. The lowest BCUT2D eigenvalue weighted by Crippen LogP contribution is -2.29. The van der Waals surface area contributed by atoms with Crippen molar-refractivity contribution in [2.45, 2.75) is 30.7 Å². The molecule has 1 aliphatic heterocycles. The number of fused-ring (bicyclic) bond motifs is 1. The number of unbranched alkanes of at least 4 members (excludes halogenated alkanes) is 1. The Kier molecular flexibility index (Phi) is 6.86. The van der Waals surface area contributed by atoms with E-state index in [2.05, 4.69) is 20.4 Å². The molecule has 4 heterocycles. The van der Waals surface area contributed by atoms with Crippen molar-refractivity contribution in [1.29, 1.82) is 0 Å². The Labute approximate surface area is 183 Å². The molecule has 0 unspecified atom stereocenters. The second kappa shape index (κ2) is 9.95. The fourth-order valence-corrected chi connectivity index (χ4v) is 5.13. The van der Waals surface area contributed by atoms with Gasteiger partial charge in [-0.25, -0.2) is 4.98 Å². The Morgan fingerprint density at radius 2 is 2.03 bits per heavy atom. The molecule has 0 aliphatic carbocycles. The first kappa shape index (κ1) is 20.7. The lowest BCUT2D eigenvalue weighted by Gasteiger charge is -2.12. The maximum atomic E-state index is 12.5. The zero-order valence-electron chi connectivity index (χ0n) is 16.4. The van der Waals surface area contributed by atoms with Crippen LogP contribution in [0.4, 0.5) is 4.79 Å². The highest BCUT2D eigenvalue weighted by molar-refractivity contribution is 8.18. The molecule has 3 aromatic rings. The second-order valence-corrected chi connectivity index (χ2v) is 8.98. The fraction of sp³-hybridized carbons (Fsp3) is 0.273. The van der Waals surface area contributed by atoms with Crippen molar-refractivity contribution < 1.29 is 9.59 Å². The number of rotatable bonds is 9. The van der Waals surface area contributed by atoms with Gasteiger partial charge in [-0.1, -0.05) is 18.2 Å². The summed E-state index contributed by atoms with van der Waals surface area (Å²) in [6, 6.07) is 9.97. The number of aromatic nitrogens is 3. The smallest absolute Gasteiger partial charge is 0.293 e. The van der Waals surface area contributed by atoms with Gasteiger partial charge >= 0.3 is 0 Å². The number of allylic oxidation sites excluding steroid dienone is 1. The fourth-order valence-electron chi connectivity index (χ4n) is 3.23. The average Bonchev–Trinajstić information content (AvgIpc) is 3.34. The standard InChI is InChI=1S/C22H22N4O2S2/c27-21-18(8-3-6-17-7-5-11-23-16-17)30-22(28)26(21)13-1-2-15-29-20-10-4-9-19-24-12-14-25(19)20/h4-5,7-12,14,16H,1-3,6,13,15H2. The van der Waals surface area contributed by atoms with Gasteiger partial charge in [0.25, 0.3) is 11.1 Å². The second-order valence-electron chi connectivity index (χ2n) is 6.87. The van der Waals surface area contributed by atoms with Crippen molar-refractivity contribution in [1.82, 2.24) is 19.3 Å². The van der Waals surface area contributed by atoms with E-state index >= 15 is 0 Å². The summed E-state index contributed by atoms with van der Waals surface area (Å²) in [7, 11) is 0. The summed E-state index contributed by atoms with van der Waals surface area (Å²) in [6.45, 7) is 0.473. The first-order valence-corrected chi connectivity index (χ1v) is 11.7. The van der Waals surface area contributed by atoms with Crippen LogP contribution in [0.5, 0.6) is 0 Å². The number of carbonyl (C=O) groups is 2. The molecule has 0 bridgehead atoms. The van der Waals surface area contributed by atoms with Gasteiger partial charge in [-0.15, -0.1) is 11.8 Å². The molecule has 0 saturated carbocycles. The van der Waals surface area contributed by atoms with Gasteiger partial charge in [0.05, 0.1) is 9.93 Å². The van der Waals surface area contributed by atoms with E-state index in [0.29, 0.717) is 11.4 Å². The minimum absolute atomic E-state index is 0.160. The highest BCUT2D eigenvalue weighted by Gasteiger charge is 2.34. The van der Waals surface area contributed by atoms with Gasteiger partial charge in [0.15, 0.2) is 0 Å². The molecule has 0 radical (unpaired) electrons. The van der Waals surface area contributed by atoms with Crippen molar-refractivity contribution in [2.75, 3.05) is 12.3 Å². The molecule has 4 rings (SSSR count).